The van der Waals surface area contributed by atoms with E-state index in [9.17, 15) is 9.59 Å². The minimum Gasteiger partial charge on any atom is -0.369 e. The highest BCUT2D eigenvalue weighted by Crippen LogP contribution is 2.24. The first-order valence-corrected chi connectivity index (χ1v) is 6.98. The van der Waals surface area contributed by atoms with Crippen LogP contribution in [0.5, 0.6) is 0 Å². The molecule has 2 rings (SSSR count). The Balaban J connectivity index is 1.88. The van der Waals surface area contributed by atoms with Crippen LogP contribution in [0.3, 0.4) is 0 Å². The van der Waals surface area contributed by atoms with Gasteiger partial charge in [-0.15, -0.1) is 0 Å². The standard InChI is InChI=1S/C15H21N3O2/c16-14(19)10-5-7-12(8-6-10)18-9-11-3-1-2-4-13(11)15(17)20/h1-4,10,12,18H,5-9H2,(H2,16,19)(H2,17,20). The van der Waals surface area contributed by atoms with E-state index in [0.29, 0.717) is 18.2 Å². The van der Waals surface area contributed by atoms with Crippen LogP contribution in [0.1, 0.15) is 41.6 Å². The first-order valence-electron chi connectivity index (χ1n) is 6.98. The Hall–Kier alpha value is -1.88. The van der Waals surface area contributed by atoms with Gasteiger partial charge < -0.3 is 16.8 Å². The van der Waals surface area contributed by atoms with Gasteiger partial charge in [0.1, 0.15) is 0 Å². The summed E-state index contributed by atoms with van der Waals surface area (Å²) in [6.45, 7) is 0.616. The van der Waals surface area contributed by atoms with Crippen molar-refractivity contribution >= 4 is 11.8 Å². The van der Waals surface area contributed by atoms with Gasteiger partial charge in [-0.3, -0.25) is 9.59 Å². The Morgan fingerprint density at radius 2 is 1.75 bits per heavy atom. The van der Waals surface area contributed by atoms with E-state index in [1.807, 2.05) is 18.2 Å². The lowest BCUT2D eigenvalue weighted by Gasteiger charge is -2.27. The summed E-state index contributed by atoms with van der Waals surface area (Å²) >= 11 is 0. The van der Waals surface area contributed by atoms with Crippen LogP contribution in [0.4, 0.5) is 0 Å². The van der Waals surface area contributed by atoms with Gasteiger partial charge in [0.05, 0.1) is 0 Å². The lowest BCUT2D eigenvalue weighted by Crippen LogP contribution is -2.36. The van der Waals surface area contributed by atoms with Crippen LogP contribution in [0.15, 0.2) is 24.3 Å². The zero-order chi connectivity index (χ0) is 14.5. The minimum absolute atomic E-state index is 0.0194. The van der Waals surface area contributed by atoms with Gasteiger partial charge in [0.2, 0.25) is 11.8 Å². The zero-order valence-electron chi connectivity index (χ0n) is 11.5. The fourth-order valence-corrected chi connectivity index (χ4v) is 2.75. The molecule has 5 nitrogen and oxygen atoms in total. The smallest absolute Gasteiger partial charge is 0.249 e. The van der Waals surface area contributed by atoms with Crippen LogP contribution in [0.25, 0.3) is 0 Å². The average Bonchev–Trinajstić information content (AvgIpc) is 2.45. The number of benzene rings is 1. The predicted octanol–water partition coefficient (Wildman–Crippen LogP) is 0.919. The second-order valence-corrected chi connectivity index (χ2v) is 5.35. The van der Waals surface area contributed by atoms with Crippen LogP contribution in [0, 0.1) is 5.92 Å². The fourth-order valence-electron chi connectivity index (χ4n) is 2.75. The van der Waals surface area contributed by atoms with Gasteiger partial charge in [0.25, 0.3) is 0 Å². The molecular formula is C15H21N3O2. The Labute approximate surface area is 118 Å². The molecule has 0 bridgehead atoms. The molecule has 0 aromatic heterocycles. The molecule has 0 unspecified atom stereocenters. The summed E-state index contributed by atoms with van der Waals surface area (Å²) in [5.41, 5.74) is 12.2. The fraction of sp³-hybridized carbons (Fsp3) is 0.467. The highest BCUT2D eigenvalue weighted by Gasteiger charge is 2.24. The van der Waals surface area contributed by atoms with Gasteiger partial charge in [-0.05, 0) is 37.3 Å². The Kier molecular flexibility index (Phi) is 4.74. The van der Waals surface area contributed by atoms with Gasteiger partial charge in [-0.25, -0.2) is 0 Å². The Morgan fingerprint density at radius 3 is 2.35 bits per heavy atom. The third-order valence-corrected chi connectivity index (χ3v) is 3.99. The molecule has 1 aromatic carbocycles. The van der Waals surface area contributed by atoms with Crippen molar-refractivity contribution in [3.63, 3.8) is 0 Å². The van der Waals surface area contributed by atoms with Crippen LogP contribution >= 0.6 is 0 Å². The number of nitrogens with two attached hydrogens (primary N) is 2. The third-order valence-electron chi connectivity index (χ3n) is 3.99. The zero-order valence-corrected chi connectivity index (χ0v) is 11.5. The summed E-state index contributed by atoms with van der Waals surface area (Å²) in [5.74, 6) is -0.576. The maximum absolute atomic E-state index is 11.3. The number of rotatable bonds is 5. The SMILES string of the molecule is NC(=O)c1ccccc1CNC1CCC(C(N)=O)CC1. The van der Waals surface area contributed by atoms with E-state index in [1.165, 1.54) is 0 Å². The van der Waals surface area contributed by atoms with E-state index < -0.39 is 5.91 Å². The largest absolute Gasteiger partial charge is 0.369 e. The molecule has 5 N–H and O–H groups in total. The lowest BCUT2D eigenvalue weighted by molar-refractivity contribution is -0.122. The summed E-state index contributed by atoms with van der Waals surface area (Å²) in [6, 6.07) is 7.71. The molecule has 1 aromatic rings. The van der Waals surface area contributed by atoms with Crippen molar-refractivity contribution in [3.8, 4) is 0 Å². The van der Waals surface area contributed by atoms with Crippen LogP contribution < -0.4 is 16.8 Å². The predicted molar refractivity (Wildman–Crippen MR) is 76.7 cm³/mol. The summed E-state index contributed by atoms with van der Waals surface area (Å²) in [4.78, 5) is 22.4. The molecule has 108 valence electrons. The van der Waals surface area contributed by atoms with Crippen molar-refractivity contribution in [2.45, 2.75) is 38.3 Å². The minimum atomic E-state index is -0.403. The molecule has 0 aliphatic heterocycles. The second-order valence-electron chi connectivity index (χ2n) is 5.35. The third kappa shape index (κ3) is 3.57. The number of carbonyl (C=O) groups excluding carboxylic acids is 2. The van der Waals surface area contributed by atoms with Crippen molar-refractivity contribution in [3.05, 3.63) is 35.4 Å². The molecule has 0 radical (unpaired) electrons. The van der Waals surface area contributed by atoms with Gasteiger partial charge in [-0.2, -0.15) is 0 Å². The van der Waals surface area contributed by atoms with E-state index in [2.05, 4.69) is 5.32 Å². The molecule has 5 heteroatoms. The maximum atomic E-state index is 11.3. The topological polar surface area (TPSA) is 98.2 Å². The number of amides is 2. The molecule has 2 amide bonds. The number of hydrogen-bond acceptors (Lipinski definition) is 3. The molecule has 1 saturated carbocycles. The molecule has 0 atom stereocenters. The highest BCUT2D eigenvalue weighted by atomic mass is 16.1. The van der Waals surface area contributed by atoms with Gasteiger partial charge in [-0.1, -0.05) is 18.2 Å². The summed E-state index contributed by atoms with van der Waals surface area (Å²) in [7, 11) is 0. The first kappa shape index (κ1) is 14.5. The van der Waals surface area contributed by atoms with Crippen LogP contribution in [0.2, 0.25) is 0 Å². The molecule has 1 aliphatic rings. The van der Waals surface area contributed by atoms with Crippen molar-refractivity contribution in [1.29, 1.82) is 0 Å². The van der Waals surface area contributed by atoms with Gasteiger partial charge in [0.15, 0.2) is 0 Å². The molecule has 1 aliphatic carbocycles. The van der Waals surface area contributed by atoms with Crippen LogP contribution in [-0.2, 0) is 11.3 Å². The lowest BCUT2D eigenvalue weighted by atomic mass is 9.85. The molecule has 20 heavy (non-hydrogen) atoms. The van der Waals surface area contributed by atoms with E-state index in [-0.39, 0.29) is 11.8 Å². The van der Waals surface area contributed by atoms with Crippen molar-refractivity contribution < 1.29 is 9.59 Å². The van der Waals surface area contributed by atoms with E-state index in [4.69, 9.17) is 11.5 Å². The number of hydrogen-bond donors (Lipinski definition) is 3. The maximum Gasteiger partial charge on any atom is 0.249 e. The normalized spacial score (nSPS) is 22.4. The summed E-state index contributed by atoms with van der Waals surface area (Å²) in [6.07, 6.45) is 3.55. The number of primary amides is 2. The Bertz CT molecular complexity index is 494. The van der Waals surface area contributed by atoms with Crippen LogP contribution in [-0.4, -0.2) is 17.9 Å². The van der Waals surface area contributed by atoms with E-state index in [1.54, 1.807) is 6.07 Å². The number of carbonyl (C=O) groups is 2. The monoisotopic (exact) mass is 275 g/mol. The molecule has 1 fully saturated rings. The molecule has 0 saturated heterocycles. The van der Waals surface area contributed by atoms with Crippen molar-refractivity contribution in [2.75, 3.05) is 0 Å². The van der Waals surface area contributed by atoms with E-state index >= 15 is 0 Å². The Morgan fingerprint density at radius 1 is 1.10 bits per heavy atom. The highest BCUT2D eigenvalue weighted by molar-refractivity contribution is 5.94. The van der Waals surface area contributed by atoms with Crippen molar-refractivity contribution in [2.24, 2.45) is 17.4 Å². The average molecular weight is 275 g/mol. The van der Waals surface area contributed by atoms with Crippen molar-refractivity contribution in [1.82, 2.24) is 5.32 Å². The van der Waals surface area contributed by atoms with E-state index in [0.717, 1.165) is 31.2 Å². The summed E-state index contributed by atoms with van der Waals surface area (Å²) in [5, 5.41) is 3.43. The van der Waals surface area contributed by atoms with Gasteiger partial charge in [0, 0.05) is 24.1 Å². The molecule has 0 heterocycles. The first-order chi connectivity index (χ1) is 9.58. The molecular weight excluding hydrogens is 254 g/mol. The molecule has 0 spiro atoms. The van der Waals surface area contributed by atoms with Gasteiger partial charge >= 0.3 is 0 Å². The number of nitrogens with one attached hydrogen (secondary N) is 1. The quantitative estimate of drug-likeness (QED) is 0.745. The summed E-state index contributed by atoms with van der Waals surface area (Å²) < 4.78 is 0. The second kappa shape index (κ2) is 6.52.